The van der Waals surface area contributed by atoms with Crippen LogP contribution in [0.15, 0.2) is 0 Å². The van der Waals surface area contributed by atoms with Crippen molar-refractivity contribution in [3.05, 3.63) is 0 Å². The predicted molar refractivity (Wildman–Crippen MR) is 52.3 cm³/mol. The molecular weight excluding hydrogens is 241 g/mol. The van der Waals surface area contributed by atoms with Crippen molar-refractivity contribution in [2.75, 3.05) is 39.4 Å². The van der Waals surface area contributed by atoms with Gasteiger partial charge in [-0.15, -0.1) is 0 Å². The second-order valence-corrected chi connectivity index (χ2v) is 3.80. The van der Waals surface area contributed by atoms with E-state index >= 15 is 0 Å². The van der Waals surface area contributed by atoms with Crippen molar-refractivity contribution < 1.29 is 27.8 Å². The summed E-state index contributed by atoms with van der Waals surface area (Å²) in [6, 6.07) is 0. The first-order valence-corrected chi connectivity index (χ1v) is 5.19. The van der Waals surface area contributed by atoms with E-state index in [-0.39, 0.29) is 19.3 Å². The lowest BCUT2D eigenvalue weighted by Gasteiger charge is -2.31. The summed E-state index contributed by atoms with van der Waals surface area (Å²) in [5.41, 5.74) is 0. The van der Waals surface area contributed by atoms with Gasteiger partial charge in [0.05, 0.1) is 25.9 Å². The number of amides is 1. The monoisotopic (exact) mass is 256 g/mol. The van der Waals surface area contributed by atoms with Gasteiger partial charge in [0.15, 0.2) is 0 Å². The summed E-state index contributed by atoms with van der Waals surface area (Å²) in [5.74, 6) is -0.680. The Morgan fingerprint density at radius 3 is 2.82 bits per heavy atom. The van der Waals surface area contributed by atoms with Crippen molar-refractivity contribution in [1.29, 1.82) is 0 Å². The molecule has 0 radical (unpaired) electrons. The Bertz CT molecular complexity index is 260. The zero-order chi connectivity index (χ0) is 12.9. The van der Waals surface area contributed by atoms with Crippen LogP contribution in [0.25, 0.3) is 0 Å². The summed E-state index contributed by atoms with van der Waals surface area (Å²) in [4.78, 5) is 12.8. The topological polar surface area (TPSA) is 61.8 Å². The number of nitrogens with zero attached hydrogens (tertiary/aromatic N) is 1. The summed E-state index contributed by atoms with van der Waals surface area (Å²) in [5, 5.41) is 10.6. The number of halogens is 3. The first-order chi connectivity index (χ1) is 7.90. The molecule has 1 aliphatic heterocycles. The largest absolute Gasteiger partial charge is 0.405 e. The van der Waals surface area contributed by atoms with E-state index in [1.165, 1.54) is 0 Å². The highest BCUT2D eigenvalue weighted by Crippen LogP contribution is 2.12. The number of carbonyl (C=O) groups is 1. The molecule has 5 nitrogen and oxygen atoms in total. The summed E-state index contributed by atoms with van der Waals surface area (Å²) >= 11 is 0. The maximum atomic E-state index is 11.8. The van der Waals surface area contributed by atoms with Gasteiger partial charge >= 0.3 is 6.18 Å². The summed E-state index contributed by atoms with van der Waals surface area (Å²) in [6.45, 7) is -0.431. The average molecular weight is 256 g/mol. The van der Waals surface area contributed by atoms with E-state index < -0.39 is 18.6 Å². The van der Waals surface area contributed by atoms with Crippen LogP contribution in [0.1, 0.15) is 0 Å². The van der Waals surface area contributed by atoms with Crippen LogP contribution in [-0.2, 0) is 9.53 Å². The predicted octanol–water partition coefficient (Wildman–Crippen LogP) is -0.642. The first kappa shape index (κ1) is 14.2. The number of hydrogen-bond donors (Lipinski definition) is 2. The molecule has 1 amide bonds. The number of ether oxygens (including phenoxy) is 1. The normalized spacial score (nSPS) is 22.5. The van der Waals surface area contributed by atoms with Crippen molar-refractivity contribution >= 4 is 5.91 Å². The Labute approximate surface area is 96.5 Å². The number of aliphatic hydroxyl groups is 1. The number of nitrogens with one attached hydrogen (secondary N) is 1. The highest BCUT2D eigenvalue weighted by Gasteiger charge is 2.28. The van der Waals surface area contributed by atoms with E-state index in [9.17, 15) is 18.0 Å². The minimum atomic E-state index is -4.39. The van der Waals surface area contributed by atoms with Crippen LogP contribution in [-0.4, -0.2) is 67.6 Å². The van der Waals surface area contributed by atoms with Gasteiger partial charge in [0.1, 0.15) is 6.54 Å². The van der Waals surface area contributed by atoms with Crippen LogP contribution < -0.4 is 5.32 Å². The molecule has 1 rings (SSSR count). The fourth-order valence-electron chi connectivity index (χ4n) is 1.49. The molecule has 1 unspecified atom stereocenters. The Morgan fingerprint density at radius 1 is 1.53 bits per heavy atom. The number of morpholine rings is 1. The number of alkyl halides is 3. The second-order valence-electron chi connectivity index (χ2n) is 3.80. The molecule has 0 aromatic heterocycles. The zero-order valence-electron chi connectivity index (χ0n) is 9.16. The van der Waals surface area contributed by atoms with E-state index in [0.717, 1.165) is 0 Å². The third-order valence-electron chi connectivity index (χ3n) is 2.28. The summed E-state index contributed by atoms with van der Waals surface area (Å²) in [7, 11) is 0. The second kappa shape index (κ2) is 6.18. The smallest absolute Gasteiger partial charge is 0.394 e. The average Bonchev–Trinajstić information content (AvgIpc) is 2.26. The molecule has 1 heterocycles. The Balaban J connectivity index is 2.26. The van der Waals surface area contributed by atoms with Gasteiger partial charge in [-0.2, -0.15) is 13.2 Å². The Kier molecular flexibility index (Phi) is 5.16. The minimum absolute atomic E-state index is 0.115. The first-order valence-electron chi connectivity index (χ1n) is 5.19. The van der Waals surface area contributed by atoms with Crippen molar-refractivity contribution in [3.63, 3.8) is 0 Å². The molecule has 0 saturated carbocycles. The number of hydrogen-bond acceptors (Lipinski definition) is 4. The molecule has 0 aromatic rings. The molecule has 0 bridgehead atoms. The summed E-state index contributed by atoms with van der Waals surface area (Å²) < 4.78 is 40.6. The van der Waals surface area contributed by atoms with Crippen LogP contribution >= 0.6 is 0 Å². The zero-order valence-corrected chi connectivity index (χ0v) is 9.16. The molecule has 1 aliphatic rings. The highest BCUT2D eigenvalue weighted by atomic mass is 19.4. The minimum Gasteiger partial charge on any atom is -0.394 e. The van der Waals surface area contributed by atoms with Gasteiger partial charge in [-0.05, 0) is 0 Å². The molecule has 1 fully saturated rings. The molecule has 1 saturated heterocycles. The van der Waals surface area contributed by atoms with E-state index in [0.29, 0.717) is 19.7 Å². The molecular formula is C9H15F3N2O3. The fourth-order valence-corrected chi connectivity index (χ4v) is 1.49. The third-order valence-corrected chi connectivity index (χ3v) is 2.28. The molecule has 17 heavy (non-hydrogen) atoms. The van der Waals surface area contributed by atoms with E-state index in [4.69, 9.17) is 9.84 Å². The van der Waals surface area contributed by atoms with Crippen LogP contribution in [0.4, 0.5) is 13.2 Å². The maximum absolute atomic E-state index is 11.8. The molecule has 8 heteroatoms. The Hall–Kier alpha value is -0.860. The van der Waals surface area contributed by atoms with Crippen LogP contribution in [0.2, 0.25) is 0 Å². The summed E-state index contributed by atoms with van der Waals surface area (Å²) in [6.07, 6.45) is -4.77. The van der Waals surface area contributed by atoms with Gasteiger partial charge < -0.3 is 15.2 Å². The van der Waals surface area contributed by atoms with E-state index in [1.807, 2.05) is 0 Å². The van der Waals surface area contributed by atoms with Crippen molar-refractivity contribution in [1.82, 2.24) is 10.2 Å². The van der Waals surface area contributed by atoms with Crippen LogP contribution in [0, 0.1) is 0 Å². The Morgan fingerprint density at radius 2 is 2.24 bits per heavy atom. The number of carbonyl (C=O) groups excluding carboxylic acids is 1. The molecule has 2 N–H and O–H groups in total. The number of aliphatic hydroxyl groups excluding tert-OH is 1. The maximum Gasteiger partial charge on any atom is 0.405 e. The fraction of sp³-hybridized carbons (Fsp3) is 0.889. The molecule has 0 aliphatic carbocycles. The van der Waals surface area contributed by atoms with Gasteiger partial charge in [-0.3, -0.25) is 9.69 Å². The standard InChI is InChI=1S/C9H15F3N2O3/c10-9(11,12)6-13-8(16)4-14-1-2-17-7(3-14)5-15/h7,15H,1-6H2,(H,13,16). The lowest BCUT2D eigenvalue weighted by molar-refractivity contribution is -0.140. The molecule has 1 atom stereocenters. The SMILES string of the molecule is O=C(CN1CCOC(CO)C1)NCC(F)(F)F. The van der Waals surface area contributed by atoms with Gasteiger partial charge in [0.25, 0.3) is 0 Å². The van der Waals surface area contributed by atoms with Gasteiger partial charge in [0.2, 0.25) is 5.91 Å². The van der Waals surface area contributed by atoms with E-state index in [2.05, 4.69) is 0 Å². The third kappa shape index (κ3) is 5.85. The lowest BCUT2D eigenvalue weighted by Crippen LogP contribution is -2.48. The van der Waals surface area contributed by atoms with E-state index in [1.54, 1.807) is 10.2 Å². The molecule has 100 valence electrons. The molecule has 0 spiro atoms. The quantitative estimate of drug-likeness (QED) is 0.702. The van der Waals surface area contributed by atoms with Crippen molar-refractivity contribution in [2.45, 2.75) is 12.3 Å². The van der Waals surface area contributed by atoms with Gasteiger partial charge in [-0.1, -0.05) is 0 Å². The van der Waals surface area contributed by atoms with Crippen molar-refractivity contribution in [3.8, 4) is 0 Å². The van der Waals surface area contributed by atoms with Crippen LogP contribution in [0.3, 0.4) is 0 Å². The van der Waals surface area contributed by atoms with Crippen molar-refractivity contribution in [2.24, 2.45) is 0 Å². The van der Waals surface area contributed by atoms with Gasteiger partial charge in [-0.25, -0.2) is 0 Å². The van der Waals surface area contributed by atoms with Crippen LogP contribution in [0.5, 0.6) is 0 Å². The lowest BCUT2D eigenvalue weighted by atomic mass is 10.3. The molecule has 0 aromatic carbocycles. The highest BCUT2D eigenvalue weighted by molar-refractivity contribution is 5.78. The van der Waals surface area contributed by atoms with Gasteiger partial charge in [0, 0.05) is 13.1 Å². The number of rotatable bonds is 4.